The third kappa shape index (κ3) is 3.18. The molecule has 0 N–H and O–H groups in total. The van der Waals surface area contributed by atoms with Crippen LogP contribution in [0, 0.1) is 12.8 Å². The van der Waals surface area contributed by atoms with Gasteiger partial charge in [-0.25, -0.2) is 18.4 Å². The Morgan fingerprint density at radius 3 is 2.84 bits per heavy atom. The van der Waals surface area contributed by atoms with E-state index >= 15 is 0 Å². The quantitative estimate of drug-likeness (QED) is 0.616. The standard InChI is InChI=1S/C22H24N4O4S/c1-15-5-8-23-21(24-15)30-12-18-7-10-31(28,29)22(18)13-26(14-22)20(27)17-3-4-19-16(11-17)6-9-25(19)2/h3-6,8-9,11,18H,7,10,12-14H2,1-2H3. The van der Waals surface area contributed by atoms with E-state index in [1.54, 1.807) is 23.2 Å². The zero-order chi connectivity index (χ0) is 21.8. The molecule has 2 aliphatic rings. The minimum absolute atomic E-state index is 0.119. The number of carbonyl (C=O) groups excluding carboxylic acids is 1. The Hall–Kier alpha value is -2.94. The first kappa shape index (κ1) is 20.0. The normalized spacial score (nSPS) is 21.4. The highest BCUT2D eigenvalue weighted by molar-refractivity contribution is 7.93. The number of hydrogen-bond acceptors (Lipinski definition) is 6. The van der Waals surface area contributed by atoms with E-state index in [0.29, 0.717) is 12.0 Å². The Morgan fingerprint density at radius 1 is 1.26 bits per heavy atom. The zero-order valence-electron chi connectivity index (χ0n) is 17.5. The molecule has 1 unspecified atom stereocenters. The summed E-state index contributed by atoms with van der Waals surface area (Å²) in [6, 6.07) is 9.57. The van der Waals surface area contributed by atoms with E-state index < -0.39 is 14.6 Å². The fourth-order valence-electron chi connectivity index (χ4n) is 4.72. The van der Waals surface area contributed by atoms with E-state index in [1.807, 2.05) is 42.9 Å². The summed E-state index contributed by atoms with van der Waals surface area (Å²) in [5.41, 5.74) is 2.41. The van der Waals surface area contributed by atoms with Crippen LogP contribution in [-0.2, 0) is 16.9 Å². The van der Waals surface area contributed by atoms with E-state index in [1.165, 1.54) is 0 Å². The van der Waals surface area contributed by atoms with Crippen molar-refractivity contribution in [3.63, 3.8) is 0 Å². The van der Waals surface area contributed by atoms with Crippen molar-refractivity contribution in [3.05, 3.63) is 54.0 Å². The first-order valence-corrected chi connectivity index (χ1v) is 11.9. The molecule has 2 aliphatic heterocycles. The van der Waals surface area contributed by atoms with Crippen LogP contribution in [0.25, 0.3) is 10.9 Å². The minimum atomic E-state index is -3.31. The molecule has 31 heavy (non-hydrogen) atoms. The van der Waals surface area contributed by atoms with Gasteiger partial charge in [0.1, 0.15) is 4.75 Å². The number of carbonyl (C=O) groups is 1. The third-order valence-corrected chi connectivity index (χ3v) is 9.22. The van der Waals surface area contributed by atoms with E-state index in [-0.39, 0.29) is 43.3 Å². The molecule has 0 bridgehead atoms. The molecule has 1 atom stereocenters. The van der Waals surface area contributed by atoms with Crippen molar-refractivity contribution in [1.29, 1.82) is 0 Å². The molecule has 2 saturated heterocycles. The number of rotatable bonds is 4. The molecule has 3 aromatic rings. The lowest BCUT2D eigenvalue weighted by molar-refractivity contribution is 0.0403. The smallest absolute Gasteiger partial charge is 0.316 e. The van der Waals surface area contributed by atoms with Gasteiger partial charge in [0.15, 0.2) is 9.84 Å². The Kier molecular flexibility index (Phi) is 4.55. The van der Waals surface area contributed by atoms with Gasteiger partial charge in [-0.2, -0.15) is 0 Å². The number of amides is 1. The molecule has 162 valence electrons. The molecule has 2 aromatic heterocycles. The second-order valence-corrected chi connectivity index (χ2v) is 11.0. The van der Waals surface area contributed by atoms with Gasteiger partial charge in [0.25, 0.3) is 5.91 Å². The van der Waals surface area contributed by atoms with Gasteiger partial charge in [0.2, 0.25) is 0 Å². The lowest BCUT2D eigenvalue weighted by atomic mass is 9.83. The maximum absolute atomic E-state index is 13.0. The number of benzene rings is 1. The van der Waals surface area contributed by atoms with Crippen LogP contribution in [0.5, 0.6) is 6.01 Å². The van der Waals surface area contributed by atoms with Crippen molar-refractivity contribution in [1.82, 2.24) is 19.4 Å². The predicted octanol–water partition coefficient (Wildman–Crippen LogP) is 1.99. The predicted molar refractivity (Wildman–Crippen MR) is 116 cm³/mol. The van der Waals surface area contributed by atoms with Crippen LogP contribution < -0.4 is 4.74 Å². The molecule has 0 saturated carbocycles. The third-order valence-electron chi connectivity index (χ3n) is 6.62. The van der Waals surface area contributed by atoms with Crippen LogP contribution in [0.1, 0.15) is 22.5 Å². The monoisotopic (exact) mass is 440 g/mol. The van der Waals surface area contributed by atoms with Crippen LogP contribution in [0.2, 0.25) is 0 Å². The van der Waals surface area contributed by atoms with Crippen molar-refractivity contribution >= 4 is 26.6 Å². The largest absolute Gasteiger partial charge is 0.463 e. The summed E-state index contributed by atoms with van der Waals surface area (Å²) in [6.07, 6.45) is 4.09. The molecule has 5 rings (SSSR count). The van der Waals surface area contributed by atoms with Gasteiger partial charge in [0, 0.05) is 60.6 Å². The number of ether oxygens (including phenoxy) is 1. The van der Waals surface area contributed by atoms with Gasteiger partial charge in [-0.15, -0.1) is 0 Å². The minimum Gasteiger partial charge on any atom is -0.463 e. The average Bonchev–Trinajstić information content (AvgIpc) is 3.21. The Morgan fingerprint density at radius 2 is 2.06 bits per heavy atom. The Bertz CT molecular complexity index is 1280. The topological polar surface area (TPSA) is 94.4 Å². The van der Waals surface area contributed by atoms with Gasteiger partial charge in [-0.05, 0) is 43.7 Å². The van der Waals surface area contributed by atoms with Gasteiger partial charge in [-0.1, -0.05) is 0 Å². The summed E-state index contributed by atoms with van der Waals surface area (Å²) in [4.78, 5) is 23.0. The van der Waals surface area contributed by atoms with Crippen LogP contribution in [0.15, 0.2) is 42.7 Å². The Balaban J connectivity index is 1.32. The fourth-order valence-corrected chi connectivity index (χ4v) is 7.12. The van der Waals surface area contributed by atoms with Crippen molar-refractivity contribution < 1.29 is 17.9 Å². The van der Waals surface area contributed by atoms with Crippen LogP contribution in [0.4, 0.5) is 0 Å². The summed E-state index contributed by atoms with van der Waals surface area (Å²) < 4.78 is 32.6. The molecule has 0 radical (unpaired) electrons. The summed E-state index contributed by atoms with van der Waals surface area (Å²) >= 11 is 0. The van der Waals surface area contributed by atoms with Crippen molar-refractivity contribution in [2.75, 3.05) is 25.4 Å². The van der Waals surface area contributed by atoms with E-state index in [9.17, 15) is 13.2 Å². The number of sulfone groups is 1. The molecule has 0 aliphatic carbocycles. The number of fused-ring (bicyclic) bond motifs is 1. The zero-order valence-corrected chi connectivity index (χ0v) is 18.3. The number of hydrogen-bond donors (Lipinski definition) is 0. The second kappa shape index (κ2) is 7.05. The molecule has 8 nitrogen and oxygen atoms in total. The highest BCUT2D eigenvalue weighted by Gasteiger charge is 2.62. The molecule has 9 heteroatoms. The van der Waals surface area contributed by atoms with Crippen LogP contribution in [0.3, 0.4) is 0 Å². The lowest BCUT2D eigenvalue weighted by Crippen LogP contribution is -2.68. The molecule has 4 heterocycles. The van der Waals surface area contributed by atoms with Gasteiger partial charge < -0.3 is 14.2 Å². The SMILES string of the molecule is Cc1ccnc(OCC2CCS(=O)(=O)C23CN(C(=O)c2ccc4c(ccn4C)c2)C3)n1. The summed E-state index contributed by atoms with van der Waals surface area (Å²) in [6.45, 7) is 2.46. The second-order valence-electron chi connectivity index (χ2n) is 8.52. The van der Waals surface area contributed by atoms with Gasteiger partial charge in [0.05, 0.1) is 12.4 Å². The number of aryl methyl sites for hydroxylation is 2. The van der Waals surface area contributed by atoms with Crippen LogP contribution >= 0.6 is 0 Å². The molecular weight excluding hydrogens is 416 g/mol. The molecule has 1 amide bonds. The average molecular weight is 441 g/mol. The lowest BCUT2D eigenvalue weighted by Gasteiger charge is -2.49. The Labute approximate surface area is 180 Å². The van der Waals surface area contributed by atoms with E-state index in [4.69, 9.17) is 4.74 Å². The number of nitrogens with zero attached hydrogens (tertiary/aromatic N) is 4. The summed E-state index contributed by atoms with van der Waals surface area (Å²) in [5, 5.41) is 0.988. The first-order chi connectivity index (χ1) is 14.8. The maximum Gasteiger partial charge on any atom is 0.316 e. The number of likely N-dealkylation sites (tertiary alicyclic amines) is 1. The summed E-state index contributed by atoms with van der Waals surface area (Å²) in [7, 11) is -1.35. The van der Waals surface area contributed by atoms with E-state index in [0.717, 1.165) is 16.6 Å². The first-order valence-electron chi connectivity index (χ1n) is 10.3. The van der Waals surface area contributed by atoms with E-state index in [2.05, 4.69) is 9.97 Å². The van der Waals surface area contributed by atoms with Gasteiger partial charge >= 0.3 is 6.01 Å². The van der Waals surface area contributed by atoms with Gasteiger partial charge in [-0.3, -0.25) is 4.79 Å². The van der Waals surface area contributed by atoms with Crippen LogP contribution in [-0.4, -0.2) is 64.0 Å². The highest BCUT2D eigenvalue weighted by Crippen LogP contribution is 2.45. The fraction of sp³-hybridized carbons (Fsp3) is 0.409. The van der Waals surface area contributed by atoms with Crippen molar-refractivity contribution in [2.24, 2.45) is 13.0 Å². The molecule has 2 fully saturated rings. The molecular formula is C22H24N4O4S. The number of aromatic nitrogens is 3. The van der Waals surface area contributed by atoms with Crippen molar-refractivity contribution in [2.45, 2.75) is 18.1 Å². The summed E-state index contributed by atoms with van der Waals surface area (Å²) in [5.74, 6) is -0.212. The molecule has 1 spiro atoms. The van der Waals surface area contributed by atoms with Crippen molar-refractivity contribution in [3.8, 4) is 6.01 Å². The maximum atomic E-state index is 13.0. The molecule has 1 aromatic carbocycles. The highest BCUT2D eigenvalue weighted by atomic mass is 32.2.